The quantitative estimate of drug-likeness (QED) is 0.852. The molecular formula is C13H18N2O2. The summed E-state index contributed by atoms with van der Waals surface area (Å²) in [7, 11) is 3.46. The number of benzene rings is 1. The van der Waals surface area contributed by atoms with Crippen molar-refractivity contribution in [2.24, 2.45) is 0 Å². The van der Waals surface area contributed by atoms with Gasteiger partial charge in [0.25, 0.3) is 0 Å². The first-order valence-electron chi connectivity index (χ1n) is 5.77. The van der Waals surface area contributed by atoms with E-state index in [4.69, 9.17) is 4.74 Å². The SMILES string of the molecule is CNC1C(=O)N(CCOC)c2ccc(C)cc21. The highest BCUT2D eigenvalue weighted by Gasteiger charge is 2.35. The van der Waals surface area contributed by atoms with E-state index in [1.54, 1.807) is 12.0 Å². The van der Waals surface area contributed by atoms with Crippen molar-refractivity contribution < 1.29 is 9.53 Å². The monoisotopic (exact) mass is 234 g/mol. The number of hydrogen-bond donors (Lipinski definition) is 1. The summed E-state index contributed by atoms with van der Waals surface area (Å²) >= 11 is 0. The van der Waals surface area contributed by atoms with Crippen molar-refractivity contribution in [2.45, 2.75) is 13.0 Å². The Balaban J connectivity index is 2.36. The van der Waals surface area contributed by atoms with Crippen LogP contribution in [0.1, 0.15) is 17.2 Å². The number of nitrogens with one attached hydrogen (secondary N) is 1. The van der Waals surface area contributed by atoms with E-state index in [-0.39, 0.29) is 11.9 Å². The Morgan fingerprint density at radius 2 is 2.24 bits per heavy atom. The number of nitrogens with zero attached hydrogens (tertiary/aromatic N) is 1. The van der Waals surface area contributed by atoms with E-state index in [2.05, 4.69) is 11.4 Å². The second kappa shape index (κ2) is 4.85. The second-order valence-electron chi connectivity index (χ2n) is 4.27. The number of amides is 1. The summed E-state index contributed by atoms with van der Waals surface area (Å²) in [6.45, 7) is 3.19. The van der Waals surface area contributed by atoms with E-state index >= 15 is 0 Å². The van der Waals surface area contributed by atoms with Gasteiger partial charge in [0.15, 0.2) is 0 Å². The number of methoxy groups -OCH3 is 1. The predicted octanol–water partition coefficient (Wildman–Crippen LogP) is 1.25. The molecule has 0 aromatic heterocycles. The number of aryl methyl sites for hydroxylation is 1. The van der Waals surface area contributed by atoms with Gasteiger partial charge in [0, 0.05) is 24.9 Å². The van der Waals surface area contributed by atoms with Gasteiger partial charge in [-0.1, -0.05) is 17.7 Å². The molecule has 0 saturated carbocycles. The van der Waals surface area contributed by atoms with Crippen LogP contribution >= 0.6 is 0 Å². The molecule has 1 atom stereocenters. The van der Waals surface area contributed by atoms with Crippen LogP contribution in [0.25, 0.3) is 0 Å². The Hall–Kier alpha value is -1.39. The zero-order valence-corrected chi connectivity index (χ0v) is 10.5. The molecule has 4 nitrogen and oxygen atoms in total. The van der Waals surface area contributed by atoms with Gasteiger partial charge in [-0.2, -0.15) is 0 Å². The zero-order valence-electron chi connectivity index (χ0n) is 10.5. The lowest BCUT2D eigenvalue weighted by Crippen LogP contribution is -2.35. The lowest BCUT2D eigenvalue weighted by atomic mass is 10.1. The standard InChI is InChI=1S/C13H18N2O2/c1-9-4-5-11-10(8-9)12(14-2)13(16)15(11)6-7-17-3/h4-5,8,12,14H,6-7H2,1-3H3. The van der Waals surface area contributed by atoms with Crippen LogP contribution in [0, 0.1) is 6.92 Å². The minimum Gasteiger partial charge on any atom is -0.383 e. The second-order valence-corrected chi connectivity index (χ2v) is 4.27. The molecule has 0 aliphatic carbocycles. The van der Waals surface area contributed by atoms with Gasteiger partial charge in [-0.25, -0.2) is 0 Å². The molecule has 1 unspecified atom stereocenters. The summed E-state index contributed by atoms with van der Waals surface area (Å²) in [4.78, 5) is 14.0. The van der Waals surface area contributed by atoms with Gasteiger partial charge in [0.05, 0.1) is 6.61 Å². The minimum atomic E-state index is -0.221. The molecule has 92 valence electrons. The first kappa shape index (κ1) is 12.1. The number of likely N-dealkylation sites (N-methyl/N-ethyl adjacent to an activating group) is 1. The van der Waals surface area contributed by atoms with Gasteiger partial charge in [-0.05, 0) is 20.0 Å². The average Bonchev–Trinajstić information content (AvgIpc) is 2.57. The fraction of sp³-hybridized carbons (Fsp3) is 0.462. The lowest BCUT2D eigenvalue weighted by Gasteiger charge is -2.17. The van der Waals surface area contributed by atoms with E-state index in [1.165, 1.54) is 5.56 Å². The number of carbonyl (C=O) groups is 1. The van der Waals surface area contributed by atoms with Crippen LogP contribution in [-0.4, -0.2) is 33.2 Å². The molecule has 1 aromatic carbocycles. The highest BCUT2D eigenvalue weighted by atomic mass is 16.5. The lowest BCUT2D eigenvalue weighted by molar-refractivity contribution is -0.120. The Kier molecular flexibility index (Phi) is 3.45. The van der Waals surface area contributed by atoms with E-state index in [0.717, 1.165) is 11.3 Å². The number of fused-ring (bicyclic) bond motifs is 1. The molecule has 1 amide bonds. The summed E-state index contributed by atoms with van der Waals surface area (Å²) in [5.74, 6) is 0.102. The Morgan fingerprint density at radius 1 is 1.47 bits per heavy atom. The average molecular weight is 234 g/mol. The van der Waals surface area contributed by atoms with Crippen molar-refractivity contribution in [3.8, 4) is 0 Å². The van der Waals surface area contributed by atoms with E-state index < -0.39 is 0 Å². The van der Waals surface area contributed by atoms with Crippen molar-refractivity contribution in [2.75, 3.05) is 32.2 Å². The summed E-state index contributed by atoms with van der Waals surface area (Å²) in [6, 6.07) is 5.89. The molecule has 1 aliphatic rings. The van der Waals surface area contributed by atoms with Gasteiger partial charge < -0.3 is 15.0 Å². The van der Waals surface area contributed by atoms with Gasteiger partial charge in [-0.3, -0.25) is 4.79 Å². The van der Waals surface area contributed by atoms with Crippen LogP contribution in [0.5, 0.6) is 0 Å². The molecule has 1 aliphatic heterocycles. The number of rotatable bonds is 4. The normalized spacial score (nSPS) is 18.6. The van der Waals surface area contributed by atoms with Crippen LogP contribution in [0.2, 0.25) is 0 Å². The van der Waals surface area contributed by atoms with Crippen LogP contribution in [0.3, 0.4) is 0 Å². The van der Waals surface area contributed by atoms with Crippen LogP contribution in [0.15, 0.2) is 18.2 Å². The Labute approximate surface area is 102 Å². The predicted molar refractivity (Wildman–Crippen MR) is 67.2 cm³/mol. The molecule has 0 radical (unpaired) electrons. The van der Waals surface area contributed by atoms with Gasteiger partial charge >= 0.3 is 0 Å². The summed E-state index contributed by atoms with van der Waals surface area (Å²) in [5.41, 5.74) is 3.23. The third kappa shape index (κ3) is 2.06. The molecule has 1 heterocycles. The largest absolute Gasteiger partial charge is 0.383 e. The molecule has 1 aromatic rings. The van der Waals surface area contributed by atoms with Gasteiger partial charge in [-0.15, -0.1) is 0 Å². The van der Waals surface area contributed by atoms with E-state index in [0.29, 0.717) is 13.2 Å². The Bertz CT molecular complexity index is 431. The maximum atomic E-state index is 12.2. The summed E-state index contributed by atoms with van der Waals surface area (Å²) < 4.78 is 5.05. The minimum absolute atomic E-state index is 0.102. The third-order valence-electron chi connectivity index (χ3n) is 3.11. The number of hydrogen-bond acceptors (Lipinski definition) is 3. The van der Waals surface area contributed by atoms with Crippen LogP contribution in [0.4, 0.5) is 5.69 Å². The molecule has 0 spiro atoms. The fourth-order valence-electron chi connectivity index (χ4n) is 2.25. The van der Waals surface area contributed by atoms with Crippen LogP contribution < -0.4 is 10.2 Å². The maximum absolute atomic E-state index is 12.2. The molecule has 0 fully saturated rings. The van der Waals surface area contributed by atoms with Crippen molar-refractivity contribution in [1.82, 2.24) is 5.32 Å². The topological polar surface area (TPSA) is 41.6 Å². The molecule has 0 bridgehead atoms. The number of carbonyl (C=O) groups excluding carboxylic acids is 1. The molecule has 17 heavy (non-hydrogen) atoms. The molecule has 2 rings (SSSR count). The first-order valence-corrected chi connectivity index (χ1v) is 5.77. The molecule has 4 heteroatoms. The molecule has 1 N–H and O–H groups in total. The third-order valence-corrected chi connectivity index (χ3v) is 3.11. The molecule has 0 saturated heterocycles. The van der Waals surface area contributed by atoms with E-state index in [1.807, 2.05) is 26.1 Å². The van der Waals surface area contributed by atoms with Crippen LogP contribution in [-0.2, 0) is 9.53 Å². The number of anilines is 1. The summed E-state index contributed by atoms with van der Waals surface area (Å²) in [6.07, 6.45) is 0. The summed E-state index contributed by atoms with van der Waals surface area (Å²) in [5, 5.41) is 3.07. The maximum Gasteiger partial charge on any atom is 0.248 e. The fourth-order valence-corrected chi connectivity index (χ4v) is 2.25. The molecular weight excluding hydrogens is 216 g/mol. The highest BCUT2D eigenvalue weighted by Crippen LogP contribution is 2.35. The van der Waals surface area contributed by atoms with Gasteiger partial charge in [0.2, 0.25) is 5.91 Å². The van der Waals surface area contributed by atoms with Crippen molar-refractivity contribution in [3.05, 3.63) is 29.3 Å². The van der Waals surface area contributed by atoms with Crippen molar-refractivity contribution >= 4 is 11.6 Å². The van der Waals surface area contributed by atoms with Crippen molar-refractivity contribution in [1.29, 1.82) is 0 Å². The first-order chi connectivity index (χ1) is 8.19. The van der Waals surface area contributed by atoms with Gasteiger partial charge in [0.1, 0.15) is 6.04 Å². The Morgan fingerprint density at radius 3 is 2.88 bits per heavy atom. The van der Waals surface area contributed by atoms with E-state index in [9.17, 15) is 4.79 Å². The zero-order chi connectivity index (χ0) is 12.4. The smallest absolute Gasteiger partial charge is 0.248 e. The highest BCUT2D eigenvalue weighted by molar-refractivity contribution is 6.04. The number of ether oxygens (including phenoxy) is 1. The van der Waals surface area contributed by atoms with Crippen molar-refractivity contribution in [3.63, 3.8) is 0 Å².